The van der Waals surface area contributed by atoms with Gasteiger partial charge >= 0.3 is 5.97 Å². The summed E-state index contributed by atoms with van der Waals surface area (Å²) in [5.41, 5.74) is 0. The molecular weight excluding hydrogens is 196 g/mol. The minimum Gasteiger partial charge on any atom is -0.481 e. The molecule has 2 nitrogen and oxygen atoms in total. The second kappa shape index (κ2) is 5.91. The van der Waals surface area contributed by atoms with Gasteiger partial charge in [0.05, 0.1) is 0 Å². The Labute approximate surface area is 89.1 Å². The zero-order valence-electron chi connectivity index (χ0n) is 8.40. The number of thioether (sulfide) groups is 1. The van der Waals surface area contributed by atoms with Gasteiger partial charge in [0, 0.05) is 11.3 Å². The van der Waals surface area contributed by atoms with Gasteiger partial charge in [-0.15, -0.1) is 11.8 Å². The lowest BCUT2D eigenvalue weighted by atomic mass is 10.0. The van der Waals surface area contributed by atoms with Gasteiger partial charge in [-0.1, -0.05) is 25.2 Å². The van der Waals surface area contributed by atoms with E-state index in [1.807, 2.05) is 0 Å². The second-order valence-corrected chi connectivity index (χ2v) is 4.69. The molecule has 78 valence electrons. The highest BCUT2D eigenvalue weighted by atomic mass is 32.2. The number of hydrogen-bond acceptors (Lipinski definition) is 2. The molecule has 0 bridgehead atoms. The van der Waals surface area contributed by atoms with Crippen molar-refractivity contribution in [3.05, 3.63) is 23.1 Å². The van der Waals surface area contributed by atoms with Gasteiger partial charge in [-0.3, -0.25) is 4.79 Å². The fourth-order valence-electron chi connectivity index (χ4n) is 1.23. The molecule has 1 aliphatic carbocycles. The van der Waals surface area contributed by atoms with E-state index in [1.54, 1.807) is 11.8 Å². The Morgan fingerprint density at radius 3 is 3.07 bits per heavy atom. The van der Waals surface area contributed by atoms with Crippen LogP contribution in [0, 0.1) is 5.92 Å². The van der Waals surface area contributed by atoms with Gasteiger partial charge in [0.2, 0.25) is 0 Å². The first-order chi connectivity index (χ1) is 6.68. The molecule has 0 aliphatic heterocycles. The maximum atomic E-state index is 10.3. The molecular formula is C11H16O2S. The largest absolute Gasteiger partial charge is 0.481 e. The molecule has 0 aromatic heterocycles. The molecule has 0 saturated heterocycles. The number of hydrogen-bond donors (Lipinski definition) is 1. The molecule has 0 aromatic rings. The maximum absolute atomic E-state index is 10.3. The summed E-state index contributed by atoms with van der Waals surface area (Å²) in [4.78, 5) is 11.5. The zero-order valence-corrected chi connectivity index (χ0v) is 9.22. The van der Waals surface area contributed by atoms with Crippen LogP contribution in [0.4, 0.5) is 0 Å². The molecule has 0 saturated carbocycles. The minimum atomic E-state index is -0.701. The Bertz CT molecular complexity index is 256. The van der Waals surface area contributed by atoms with Crippen molar-refractivity contribution < 1.29 is 9.90 Å². The third kappa shape index (κ3) is 4.51. The molecule has 0 spiro atoms. The van der Waals surface area contributed by atoms with E-state index in [0.717, 1.165) is 18.6 Å². The van der Waals surface area contributed by atoms with Crippen molar-refractivity contribution >= 4 is 17.7 Å². The molecule has 0 fully saturated rings. The molecule has 1 aliphatic rings. The second-order valence-electron chi connectivity index (χ2n) is 3.52. The summed E-state index contributed by atoms with van der Waals surface area (Å²) in [6, 6.07) is 0. The molecule has 1 atom stereocenters. The van der Waals surface area contributed by atoms with Gasteiger partial charge in [0.1, 0.15) is 0 Å². The van der Waals surface area contributed by atoms with E-state index in [9.17, 15) is 4.79 Å². The summed E-state index contributed by atoms with van der Waals surface area (Å²) < 4.78 is 0. The zero-order chi connectivity index (χ0) is 10.4. The van der Waals surface area contributed by atoms with E-state index >= 15 is 0 Å². The van der Waals surface area contributed by atoms with Gasteiger partial charge < -0.3 is 5.11 Å². The number of allylic oxidation sites excluding steroid dienone is 3. The van der Waals surface area contributed by atoms with Gasteiger partial charge in [-0.25, -0.2) is 0 Å². The molecule has 1 unspecified atom stereocenters. The molecule has 0 aromatic carbocycles. The van der Waals surface area contributed by atoms with Crippen molar-refractivity contribution in [2.24, 2.45) is 5.92 Å². The predicted molar refractivity (Wildman–Crippen MR) is 60.3 cm³/mol. The van der Waals surface area contributed by atoms with Crippen LogP contribution in [0.15, 0.2) is 23.1 Å². The SMILES string of the molecule is CC1C=CC(SCCCC(=O)O)=CC1. The van der Waals surface area contributed by atoms with E-state index in [1.165, 1.54) is 4.91 Å². The lowest BCUT2D eigenvalue weighted by Gasteiger charge is -2.10. The van der Waals surface area contributed by atoms with Crippen molar-refractivity contribution in [2.75, 3.05) is 5.75 Å². The summed E-state index contributed by atoms with van der Waals surface area (Å²) >= 11 is 1.75. The molecule has 1 N–H and O–H groups in total. The highest BCUT2D eigenvalue weighted by Gasteiger charge is 2.04. The van der Waals surface area contributed by atoms with Crippen LogP contribution in [0.1, 0.15) is 26.2 Å². The van der Waals surface area contributed by atoms with E-state index in [0.29, 0.717) is 5.92 Å². The van der Waals surface area contributed by atoms with Crippen molar-refractivity contribution in [3.8, 4) is 0 Å². The number of carbonyl (C=O) groups is 1. The van der Waals surface area contributed by atoms with Crippen LogP contribution in [0.2, 0.25) is 0 Å². The normalized spacial score (nSPS) is 20.6. The summed E-state index contributed by atoms with van der Waals surface area (Å²) in [7, 11) is 0. The Morgan fingerprint density at radius 1 is 1.71 bits per heavy atom. The van der Waals surface area contributed by atoms with Crippen molar-refractivity contribution in [1.82, 2.24) is 0 Å². The van der Waals surface area contributed by atoms with Crippen LogP contribution in [0.3, 0.4) is 0 Å². The lowest BCUT2D eigenvalue weighted by molar-refractivity contribution is -0.137. The summed E-state index contributed by atoms with van der Waals surface area (Å²) in [6.07, 6.45) is 8.72. The van der Waals surface area contributed by atoms with Crippen LogP contribution < -0.4 is 0 Å². The first-order valence-corrected chi connectivity index (χ1v) is 5.90. The number of carboxylic acid groups (broad SMARTS) is 1. The van der Waals surface area contributed by atoms with E-state index in [-0.39, 0.29) is 6.42 Å². The van der Waals surface area contributed by atoms with Gasteiger partial charge in [-0.2, -0.15) is 0 Å². The van der Waals surface area contributed by atoms with Crippen molar-refractivity contribution in [2.45, 2.75) is 26.2 Å². The Morgan fingerprint density at radius 2 is 2.50 bits per heavy atom. The smallest absolute Gasteiger partial charge is 0.303 e. The van der Waals surface area contributed by atoms with Crippen LogP contribution in [0.5, 0.6) is 0 Å². The predicted octanol–water partition coefficient (Wildman–Crippen LogP) is 3.06. The molecule has 0 amide bonds. The fraction of sp³-hybridized carbons (Fsp3) is 0.545. The Hall–Kier alpha value is -0.700. The molecule has 0 heterocycles. The van der Waals surface area contributed by atoms with Gasteiger partial charge in [0.25, 0.3) is 0 Å². The number of carboxylic acids is 1. The number of rotatable bonds is 5. The highest BCUT2D eigenvalue weighted by Crippen LogP contribution is 2.25. The van der Waals surface area contributed by atoms with E-state index in [2.05, 4.69) is 25.2 Å². The van der Waals surface area contributed by atoms with Crippen LogP contribution in [-0.2, 0) is 4.79 Å². The summed E-state index contributed by atoms with van der Waals surface area (Å²) in [5, 5.41) is 8.45. The Balaban J connectivity index is 2.14. The average molecular weight is 212 g/mol. The van der Waals surface area contributed by atoms with E-state index in [4.69, 9.17) is 5.11 Å². The standard InChI is InChI=1S/C11H16O2S/c1-9-4-6-10(7-5-9)14-8-2-3-11(12)13/h4,6-7,9H,2-3,5,8H2,1H3,(H,12,13). The summed E-state index contributed by atoms with van der Waals surface area (Å²) in [6.45, 7) is 2.19. The van der Waals surface area contributed by atoms with Crippen molar-refractivity contribution in [1.29, 1.82) is 0 Å². The quantitative estimate of drug-likeness (QED) is 0.712. The molecule has 3 heteroatoms. The van der Waals surface area contributed by atoms with Crippen LogP contribution in [0.25, 0.3) is 0 Å². The topological polar surface area (TPSA) is 37.3 Å². The van der Waals surface area contributed by atoms with Gasteiger partial charge in [0.15, 0.2) is 0 Å². The monoisotopic (exact) mass is 212 g/mol. The third-order valence-corrected chi connectivity index (χ3v) is 3.21. The molecule has 0 radical (unpaired) electrons. The van der Waals surface area contributed by atoms with Crippen LogP contribution in [-0.4, -0.2) is 16.8 Å². The van der Waals surface area contributed by atoms with E-state index < -0.39 is 5.97 Å². The lowest BCUT2D eigenvalue weighted by Crippen LogP contribution is -1.96. The fourth-order valence-corrected chi connectivity index (χ4v) is 2.14. The van der Waals surface area contributed by atoms with Crippen LogP contribution >= 0.6 is 11.8 Å². The molecule has 1 rings (SSSR count). The first-order valence-electron chi connectivity index (χ1n) is 4.91. The average Bonchev–Trinajstić information content (AvgIpc) is 2.15. The minimum absolute atomic E-state index is 0.278. The number of aliphatic carboxylic acids is 1. The highest BCUT2D eigenvalue weighted by molar-refractivity contribution is 8.03. The molecule has 14 heavy (non-hydrogen) atoms. The Kier molecular flexibility index (Phi) is 4.80. The summed E-state index contributed by atoms with van der Waals surface area (Å²) in [5.74, 6) is 0.849. The third-order valence-electron chi connectivity index (χ3n) is 2.08. The first kappa shape index (κ1) is 11.4. The van der Waals surface area contributed by atoms with Crippen molar-refractivity contribution in [3.63, 3.8) is 0 Å². The van der Waals surface area contributed by atoms with Gasteiger partial charge in [-0.05, 0) is 24.5 Å². The maximum Gasteiger partial charge on any atom is 0.303 e.